The number of aromatic nitrogens is 1. The first kappa shape index (κ1) is 9.71. The van der Waals surface area contributed by atoms with Crippen molar-refractivity contribution < 1.29 is 8.81 Å². The average molecular weight is 206 g/mol. The summed E-state index contributed by atoms with van der Waals surface area (Å²) < 4.78 is 18.0. The van der Waals surface area contributed by atoms with E-state index in [0.717, 1.165) is 5.76 Å². The molecule has 0 saturated carbocycles. The molecule has 1 unspecified atom stereocenters. The molecular weight excluding hydrogens is 195 g/mol. The van der Waals surface area contributed by atoms with Crippen LogP contribution in [0.3, 0.4) is 0 Å². The van der Waals surface area contributed by atoms with E-state index in [9.17, 15) is 4.39 Å². The zero-order valence-electron chi connectivity index (χ0n) is 8.27. The summed E-state index contributed by atoms with van der Waals surface area (Å²) in [4.78, 5) is 3.70. The van der Waals surface area contributed by atoms with Crippen molar-refractivity contribution in [2.75, 3.05) is 5.32 Å². The Morgan fingerprint density at radius 3 is 2.87 bits per heavy atom. The first-order valence-corrected chi connectivity index (χ1v) is 4.68. The van der Waals surface area contributed by atoms with Crippen molar-refractivity contribution in [3.8, 4) is 0 Å². The lowest BCUT2D eigenvalue weighted by Crippen LogP contribution is -2.07. The van der Waals surface area contributed by atoms with Gasteiger partial charge in [-0.05, 0) is 31.2 Å². The Morgan fingerprint density at radius 2 is 2.20 bits per heavy atom. The lowest BCUT2D eigenvalue weighted by molar-refractivity contribution is 0.489. The molecule has 1 atom stereocenters. The summed E-state index contributed by atoms with van der Waals surface area (Å²) in [6.07, 6.45) is 1.60. The minimum absolute atomic E-state index is 0.0331. The van der Waals surface area contributed by atoms with E-state index in [2.05, 4.69) is 10.3 Å². The molecule has 0 radical (unpaired) electrons. The van der Waals surface area contributed by atoms with Crippen LogP contribution in [0.25, 0.3) is 0 Å². The van der Waals surface area contributed by atoms with Gasteiger partial charge in [-0.3, -0.25) is 0 Å². The van der Waals surface area contributed by atoms with Gasteiger partial charge in [-0.25, -0.2) is 4.98 Å². The smallest absolute Gasteiger partial charge is 0.214 e. The van der Waals surface area contributed by atoms with E-state index >= 15 is 0 Å². The number of hydrogen-bond acceptors (Lipinski definition) is 3. The van der Waals surface area contributed by atoms with Gasteiger partial charge >= 0.3 is 0 Å². The van der Waals surface area contributed by atoms with Crippen molar-refractivity contribution in [3.63, 3.8) is 0 Å². The maximum atomic E-state index is 12.8. The molecule has 2 aromatic heterocycles. The van der Waals surface area contributed by atoms with Crippen LogP contribution in [0.15, 0.2) is 41.0 Å². The molecule has 0 aromatic carbocycles. The van der Waals surface area contributed by atoms with Gasteiger partial charge in [0, 0.05) is 0 Å². The van der Waals surface area contributed by atoms with Crippen molar-refractivity contribution in [1.29, 1.82) is 0 Å². The average Bonchev–Trinajstić information content (AvgIpc) is 2.70. The van der Waals surface area contributed by atoms with Gasteiger partial charge < -0.3 is 9.73 Å². The van der Waals surface area contributed by atoms with Crippen LogP contribution in [0, 0.1) is 5.95 Å². The Hall–Kier alpha value is -1.84. The fraction of sp³-hybridized carbons (Fsp3) is 0.182. The highest BCUT2D eigenvalue weighted by atomic mass is 19.1. The third kappa shape index (κ3) is 2.34. The van der Waals surface area contributed by atoms with Crippen LogP contribution in [0.5, 0.6) is 0 Å². The van der Waals surface area contributed by atoms with Crippen molar-refractivity contribution >= 4 is 5.82 Å². The molecule has 2 heterocycles. The molecule has 0 amide bonds. The molecular formula is C11H11FN2O. The van der Waals surface area contributed by atoms with Crippen molar-refractivity contribution in [2.24, 2.45) is 0 Å². The van der Waals surface area contributed by atoms with Gasteiger partial charge in [-0.15, -0.1) is 0 Å². The topological polar surface area (TPSA) is 38.1 Å². The normalized spacial score (nSPS) is 12.4. The lowest BCUT2D eigenvalue weighted by Gasteiger charge is -2.11. The molecule has 0 aliphatic carbocycles. The van der Waals surface area contributed by atoms with Gasteiger partial charge in [-0.1, -0.05) is 6.07 Å². The summed E-state index contributed by atoms with van der Waals surface area (Å²) in [6, 6.07) is 8.27. The van der Waals surface area contributed by atoms with Crippen molar-refractivity contribution in [1.82, 2.24) is 4.98 Å². The lowest BCUT2D eigenvalue weighted by atomic mass is 10.2. The third-order valence-electron chi connectivity index (χ3n) is 2.05. The summed E-state index contributed by atoms with van der Waals surface area (Å²) in [7, 11) is 0. The van der Waals surface area contributed by atoms with Crippen LogP contribution in [-0.4, -0.2) is 4.98 Å². The molecule has 0 fully saturated rings. The maximum absolute atomic E-state index is 12.8. The molecule has 0 saturated heterocycles. The quantitative estimate of drug-likeness (QED) is 0.784. The number of furan rings is 1. The van der Waals surface area contributed by atoms with Crippen LogP contribution in [0.1, 0.15) is 18.7 Å². The highest BCUT2D eigenvalue weighted by Crippen LogP contribution is 2.17. The van der Waals surface area contributed by atoms with E-state index < -0.39 is 5.95 Å². The highest BCUT2D eigenvalue weighted by Gasteiger charge is 2.08. The van der Waals surface area contributed by atoms with Gasteiger partial charge in [0.05, 0.1) is 12.3 Å². The fourth-order valence-electron chi connectivity index (χ4n) is 1.32. The Labute approximate surface area is 86.9 Å². The number of rotatable bonds is 3. The number of nitrogens with zero attached hydrogens (tertiary/aromatic N) is 1. The van der Waals surface area contributed by atoms with Gasteiger partial charge in [0.15, 0.2) is 0 Å². The summed E-state index contributed by atoms with van der Waals surface area (Å²) in [5, 5.41) is 3.04. The second kappa shape index (κ2) is 4.13. The van der Waals surface area contributed by atoms with E-state index in [0.29, 0.717) is 5.82 Å². The Bertz CT molecular complexity index is 428. The fourth-order valence-corrected chi connectivity index (χ4v) is 1.32. The minimum Gasteiger partial charge on any atom is -0.467 e. The molecule has 0 bridgehead atoms. The zero-order valence-corrected chi connectivity index (χ0v) is 8.27. The standard InChI is InChI=1S/C11H11FN2O/c1-8(9-4-3-7-15-9)13-11-6-2-5-10(12)14-11/h2-8H,1H3,(H,13,14). The van der Waals surface area contributed by atoms with Crippen molar-refractivity contribution in [2.45, 2.75) is 13.0 Å². The molecule has 4 heteroatoms. The largest absolute Gasteiger partial charge is 0.467 e. The SMILES string of the molecule is CC(Nc1cccc(F)n1)c1ccco1. The monoisotopic (exact) mass is 206 g/mol. The Balaban J connectivity index is 2.09. The first-order chi connectivity index (χ1) is 7.25. The second-order valence-corrected chi connectivity index (χ2v) is 3.23. The molecule has 15 heavy (non-hydrogen) atoms. The number of pyridine rings is 1. The number of anilines is 1. The summed E-state index contributed by atoms with van der Waals surface area (Å²) in [5.74, 6) is 0.798. The van der Waals surface area contributed by atoms with E-state index in [4.69, 9.17) is 4.42 Å². The zero-order chi connectivity index (χ0) is 10.7. The summed E-state index contributed by atoms with van der Waals surface area (Å²) in [6.45, 7) is 1.92. The van der Waals surface area contributed by atoms with Crippen LogP contribution in [0.2, 0.25) is 0 Å². The van der Waals surface area contributed by atoms with Gasteiger partial charge in [0.1, 0.15) is 11.6 Å². The Kier molecular flexibility index (Phi) is 2.67. The number of nitrogens with one attached hydrogen (secondary N) is 1. The molecule has 2 rings (SSSR count). The second-order valence-electron chi connectivity index (χ2n) is 3.23. The van der Waals surface area contributed by atoms with E-state index in [1.54, 1.807) is 18.4 Å². The summed E-state index contributed by atoms with van der Waals surface area (Å²) in [5.41, 5.74) is 0. The van der Waals surface area contributed by atoms with Crippen LogP contribution in [0.4, 0.5) is 10.2 Å². The van der Waals surface area contributed by atoms with Gasteiger partial charge in [0.25, 0.3) is 0 Å². The Morgan fingerprint density at radius 1 is 1.33 bits per heavy atom. The molecule has 0 spiro atoms. The molecule has 1 N–H and O–H groups in total. The van der Waals surface area contributed by atoms with E-state index in [-0.39, 0.29) is 6.04 Å². The molecule has 0 aliphatic rings. The van der Waals surface area contributed by atoms with Crippen molar-refractivity contribution in [3.05, 3.63) is 48.3 Å². The van der Waals surface area contributed by atoms with Crippen LogP contribution >= 0.6 is 0 Å². The number of hydrogen-bond donors (Lipinski definition) is 1. The maximum Gasteiger partial charge on any atom is 0.214 e. The van der Waals surface area contributed by atoms with Gasteiger partial charge in [0.2, 0.25) is 5.95 Å². The number of halogens is 1. The van der Waals surface area contributed by atoms with E-state index in [1.165, 1.54) is 6.07 Å². The molecule has 3 nitrogen and oxygen atoms in total. The molecule has 78 valence electrons. The van der Waals surface area contributed by atoms with Gasteiger partial charge in [-0.2, -0.15) is 4.39 Å². The third-order valence-corrected chi connectivity index (χ3v) is 2.05. The van der Waals surface area contributed by atoms with E-state index in [1.807, 2.05) is 19.1 Å². The first-order valence-electron chi connectivity index (χ1n) is 4.68. The van der Waals surface area contributed by atoms with Crippen LogP contribution in [-0.2, 0) is 0 Å². The predicted molar refractivity (Wildman–Crippen MR) is 54.9 cm³/mol. The molecule has 2 aromatic rings. The predicted octanol–water partition coefficient (Wildman–Crippen LogP) is 2.99. The minimum atomic E-state index is -0.494. The highest BCUT2D eigenvalue weighted by molar-refractivity contribution is 5.35. The molecule has 0 aliphatic heterocycles. The van der Waals surface area contributed by atoms with Crippen LogP contribution < -0.4 is 5.32 Å². The summed E-state index contributed by atoms with van der Waals surface area (Å²) >= 11 is 0.